The Bertz CT molecular complexity index is 795. The Morgan fingerprint density at radius 2 is 1.64 bits per heavy atom. The molecule has 0 aromatic heterocycles. The summed E-state index contributed by atoms with van der Waals surface area (Å²) in [6.45, 7) is 6.34. The molecule has 0 saturated carbocycles. The van der Waals surface area contributed by atoms with E-state index in [2.05, 4.69) is 11.4 Å². The Hall–Kier alpha value is -2.82. The largest absolute Gasteiger partial charge is 0.497 e. The van der Waals surface area contributed by atoms with Gasteiger partial charge >= 0.3 is 0 Å². The number of ether oxygens (including phenoxy) is 1. The summed E-state index contributed by atoms with van der Waals surface area (Å²) in [5, 5.41) is 2.68. The fourth-order valence-corrected chi connectivity index (χ4v) is 3.46. The van der Waals surface area contributed by atoms with Crippen LogP contribution in [-0.4, -0.2) is 36.9 Å². The van der Waals surface area contributed by atoms with Crippen molar-refractivity contribution in [1.29, 1.82) is 0 Å². The van der Waals surface area contributed by atoms with Gasteiger partial charge in [-0.05, 0) is 43.5 Å². The second-order valence-corrected chi connectivity index (χ2v) is 7.08. The fraction of sp³-hybridized carbons (Fsp3) is 0.391. The van der Waals surface area contributed by atoms with Crippen molar-refractivity contribution in [2.24, 2.45) is 0 Å². The van der Waals surface area contributed by atoms with Gasteiger partial charge in [0.25, 0.3) is 0 Å². The van der Waals surface area contributed by atoms with Gasteiger partial charge in [0.05, 0.1) is 13.5 Å². The Morgan fingerprint density at radius 1 is 1.04 bits per heavy atom. The molecule has 2 aromatic rings. The number of methoxy groups -OCH3 is 1. The van der Waals surface area contributed by atoms with Crippen LogP contribution in [0.3, 0.4) is 0 Å². The number of hydrogen-bond donors (Lipinski definition) is 1. The van der Waals surface area contributed by atoms with E-state index in [9.17, 15) is 9.59 Å². The molecule has 1 N–H and O–H groups in total. The predicted molar refractivity (Wildman–Crippen MR) is 111 cm³/mol. The third-order valence-corrected chi connectivity index (χ3v) is 4.78. The molecule has 2 amide bonds. The molecule has 0 unspecified atom stereocenters. The lowest BCUT2D eigenvalue weighted by atomic mass is 10.0. The van der Waals surface area contributed by atoms with Gasteiger partial charge in [-0.15, -0.1) is 0 Å². The van der Waals surface area contributed by atoms with Crippen LogP contribution in [0.15, 0.2) is 42.5 Å². The SMILES string of the molecule is CC[C@H](C(=O)NC)N(Cc1ccc(OC)cc1)C(=O)Cc1cc(C)cc(C)c1. The van der Waals surface area contributed by atoms with Crippen LogP contribution in [0.1, 0.15) is 35.6 Å². The lowest BCUT2D eigenvalue weighted by Crippen LogP contribution is -2.48. The molecule has 0 spiro atoms. The fourth-order valence-electron chi connectivity index (χ4n) is 3.46. The summed E-state index contributed by atoms with van der Waals surface area (Å²) in [6, 6.07) is 13.2. The quantitative estimate of drug-likeness (QED) is 0.761. The molecule has 0 aliphatic heterocycles. The number of carbonyl (C=O) groups is 2. The number of amides is 2. The number of nitrogens with one attached hydrogen (secondary N) is 1. The van der Waals surface area contributed by atoms with Gasteiger partial charge in [0, 0.05) is 13.6 Å². The molecule has 0 saturated heterocycles. The molecule has 150 valence electrons. The van der Waals surface area contributed by atoms with Gasteiger partial charge in [-0.25, -0.2) is 0 Å². The van der Waals surface area contributed by atoms with Crippen LogP contribution in [0.4, 0.5) is 0 Å². The van der Waals surface area contributed by atoms with Crippen molar-refractivity contribution in [3.8, 4) is 5.75 Å². The van der Waals surface area contributed by atoms with Crippen molar-refractivity contribution in [2.75, 3.05) is 14.2 Å². The standard InChI is InChI=1S/C23H30N2O3/c1-6-21(23(27)24-4)25(15-18-7-9-20(28-5)10-8-18)22(26)14-19-12-16(2)11-17(3)13-19/h7-13,21H,6,14-15H2,1-5H3,(H,24,27)/t21-/m1/s1. The molecule has 1 atom stereocenters. The smallest absolute Gasteiger partial charge is 0.242 e. The highest BCUT2D eigenvalue weighted by Gasteiger charge is 2.28. The third kappa shape index (κ3) is 5.59. The van der Waals surface area contributed by atoms with Crippen molar-refractivity contribution in [3.05, 3.63) is 64.7 Å². The van der Waals surface area contributed by atoms with Crippen molar-refractivity contribution >= 4 is 11.8 Å². The second-order valence-electron chi connectivity index (χ2n) is 7.08. The molecule has 0 aliphatic carbocycles. The average Bonchev–Trinajstić information content (AvgIpc) is 2.67. The highest BCUT2D eigenvalue weighted by molar-refractivity contribution is 5.88. The van der Waals surface area contributed by atoms with Gasteiger partial charge in [-0.2, -0.15) is 0 Å². The van der Waals surface area contributed by atoms with E-state index in [1.165, 1.54) is 0 Å². The van der Waals surface area contributed by atoms with E-state index >= 15 is 0 Å². The molecule has 0 heterocycles. The summed E-state index contributed by atoms with van der Waals surface area (Å²) >= 11 is 0. The summed E-state index contributed by atoms with van der Waals surface area (Å²) in [5.74, 6) is 0.552. The van der Waals surface area contributed by atoms with Crippen molar-refractivity contribution in [3.63, 3.8) is 0 Å². The van der Waals surface area contributed by atoms with Gasteiger partial charge in [0.15, 0.2) is 0 Å². The topological polar surface area (TPSA) is 58.6 Å². The van der Waals surface area contributed by atoms with Gasteiger partial charge in [0.1, 0.15) is 11.8 Å². The minimum Gasteiger partial charge on any atom is -0.497 e. The summed E-state index contributed by atoms with van der Waals surface area (Å²) in [4.78, 5) is 27.3. The molecule has 0 radical (unpaired) electrons. The Kier molecular flexibility index (Phi) is 7.61. The van der Waals surface area contributed by atoms with Crippen LogP contribution in [0.5, 0.6) is 5.75 Å². The minimum absolute atomic E-state index is 0.0590. The van der Waals surface area contributed by atoms with Crippen LogP contribution in [0.25, 0.3) is 0 Å². The van der Waals surface area contributed by atoms with E-state index in [0.29, 0.717) is 13.0 Å². The number of aryl methyl sites for hydroxylation is 2. The molecule has 5 nitrogen and oxygen atoms in total. The molecular weight excluding hydrogens is 352 g/mol. The van der Waals surface area contributed by atoms with Crippen molar-refractivity contribution < 1.29 is 14.3 Å². The Balaban J connectivity index is 2.29. The maximum absolute atomic E-state index is 13.2. The van der Waals surface area contributed by atoms with E-state index in [0.717, 1.165) is 28.0 Å². The number of rotatable bonds is 8. The van der Waals surface area contributed by atoms with Crippen LogP contribution >= 0.6 is 0 Å². The van der Waals surface area contributed by atoms with Crippen LogP contribution < -0.4 is 10.1 Å². The zero-order valence-corrected chi connectivity index (χ0v) is 17.4. The van der Waals surface area contributed by atoms with E-state index < -0.39 is 6.04 Å². The Labute approximate surface area is 167 Å². The monoisotopic (exact) mass is 382 g/mol. The van der Waals surface area contributed by atoms with Crippen molar-refractivity contribution in [1.82, 2.24) is 10.2 Å². The van der Waals surface area contributed by atoms with Crippen LogP contribution in [0.2, 0.25) is 0 Å². The zero-order chi connectivity index (χ0) is 20.7. The summed E-state index contributed by atoms with van der Waals surface area (Å²) < 4.78 is 5.20. The van der Waals surface area contributed by atoms with Crippen LogP contribution in [-0.2, 0) is 22.6 Å². The zero-order valence-electron chi connectivity index (χ0n) is 17.4. The molecule has 5 heteroatoms. The van der Waals surface area contributed by atoms with Gasteiger partial charge in [-0.3, -0.25) is 9.59 Å². The molecule has 0 aliphatic rings. The first-order chi connectivity index (χ1) is 13.4. The first kappa shape index (κ1) is 21.5. The predicted octanol–water partition coefficient (Wildman–Crippen LogP) is 3.41. The maximum Gasteiger partial charge on any atom is 0.242 e. The van der Waals surface area contributed by atoms with E-state index in [1.54, 1.807) is 19.1 Å². The summed E-state index contributed by atoms with van der Waals surface area (Å²) in [6.07, 6.45) is 0.820. The molecule has 2 rings (SSSR count). The van der Waals surface area contributed by atoms with Gasteiger partial charge in [-0.1, -0.05) is 48.4 Å². The minimum atomic E-state index is -0.509. The lowest BCUT2D eigenvalue weighted by Gasteiger charge is -2.30. The first-order valence-corrected chi connectivity index (χ1v) is 9.59. The van der Waals surface area contributed by atoms with Gasteiger partial charge in [0.2, 0.25) is 11.8 Å². The highest BCUT2D eigenvalue weighted by atomic mass is 16.5. The first-order valence-electron chi connectivity index (χ1n) is 9.59. The van der Waals surface area contributed by atoms with E-state index in [1.807, 2.05) is 57.2 Å². The molecule has 0 fully saturated rings. The number of nitrogens with zero attached hydrogens (tertiary/aromatic N) is 1. The molecule has 2 aromatic carbocycles. The summed E-state index contributed by atoms with van der Waals surface area (Å²) in [7, 11) is 3.22. The van der Waals surface area contributed by atoms with E-state index in [4.69, 9.17) is 4.74 Å². The average molecular weight is 383 g/mol. The number of hydrogen-bond acceptors (Lipinski definition) is 3. The summed E-state index contributed by atoms with van der Waals surface area (Å²) in [5.41, 5.74) is 4.18. The Morgan fingerprint density at radius 3 is 2.14 bits per heavy atom. The van der Waals surface area contributed by atoms with Gasteiger partial charge < -0.3 is 15.0 Å². The number of benzene rings is 2. The van der Waals surface area contributed by atoms with Crippen molar-refractivity contribution in [2.45, 2.75) is 46.2 Å². The molecule has 0 bridgehead atoms. The second kappa shape index (κ2) is 9.93. The highest BCUT2D eigenvalue weighted by Crippen LogP contribution is 2.18. The lowest BCUT2D eigenvalue weighted by molar-refractivity contribution is -0.140. The third-order valence-electron chi connectivity index (χ3n) is 4.78. The molecular formula is C23H30N2O3. The maximum atomic E-state index is 13.2. The molecule has 28 heavy (non-hydrogen) atoms. The van der Waals surface area contributed by atoms with E-state index in [-0.39, 0.29) is 18.2 Å². The number of carbonyl (C=O) groups excluding carboxylic acids is 2. The van der Waals surface area contributed by atoms with Crippen LogP contribution in [0, 0.1) is 13.8 Å². The number of likely N-dealkylation sites (N-methyl/N-ethyl adjacent to an activating group) is 1. The normalized spacial score (nSPS) is 11.6.